The molecule has 0 saturated heterocycles. The lowest BCUT2D eigenvalue weighted by atomic mass is 9.81. The Morgan fingerprint density at radius 3 is 2.40 bits per heavy atom. The zero-order chi connectivity index (χ0) is 17.8. The van der Waals surface area contributed by atoms with Gasteiger partial charge in [0, 0.05) is 50.7 Å². The average Bonchev–Trinajstić information content (AvgIpc) is 3.16. The van der Waals surface area contributed by atoms with Crippen LogP contribution in [0.25, 0.3) is 5.82 Å². The predicted molar refractivity (Wildman–Crippen MR) is 91.9 cm³/mol. The van der Waals surface area contributed by atoms with Crippen molar-refractivity contribution in [3.8, 4) is 5.82 Å². The van der Waals surface area contributed by atoms with Crippen LogP contribution < -0.4 is 5.32 Å². The number of nitrogens with one attached hydrogen (secondary N) is 1. The molecule has 0 spiro atoms. The molecule has 8 heteroatoms. The van der Waals surface area contributed by atoms with Crippen LogP contribution in [-0.2, 0) is 9.59 Å². The summed E-state index contributed by atoms with van der Waals surface area (Å²) in [6.07, 6.45) is 9.37. The van der Waals surface area contributed by atoms with Crippen molar-refractivity contribution in [1.29, 1.82) is 0 Å². The third-order valence-corrected chi connectivity index (χ3v) is 4.53. The van der Waals surface area contributed by atoms with Crippen molar-refractivity contribution in [2.24, 2.45) is 11.8 Å². The summed E-state index contributed by atoms with van der Waals surface area (Å²) in [4.78, 5) is 34.7. The summed E-state index contributed by atoms with van der Waals surface area (Å²) in [5, 5.41) is 7.00. The van der Waals surface area contributed by atoms with Crippen LogP contribution in [0.1, 0.15) is 25.7 Å². The fourth-order valence-corrected chi connectivity index (χ4v) is 3.17. The van der Waals surface area contributed by atoms with Crippen molar-refractivity contribution in [1.82, 2.24) is 24.6 Å². The van der Waals surface area contributed by atoms with Gasteiger partial charge in [-0.15, -0.1) is 0 Å². The first-order valence-electron chi connectivity index (χ1n) is 8.39. The zero-order valence-electron chi connectivity index (χ0n) is 14.4. The van der Waals surface area contributed by atoms with Crippen LogP contribution in [0.5, 0.6) is 0 Å². The van der Waals surface area contributed by atoms with Crippen LogP contribution in [0.2, 0.25) is 0 Å². The molecule has 1 N–H and O–H groups in total. The van der Waals surface area contributed by atoms with Crippen LogP contribution in [0.3, 0.4) is 0 Å². The largest absolute Gasteiger partial charge is 0.349 e. The van der Waals surface area contributed by atoms with Gasteiger partial charge in [-0.05, 0) is 31.7 Å². The molecule has 1 fully saturated rings. The molecular weight excluding hydrogens is 320 g/mol. The van der Waals surface area contributed by atoms with E-state index in [1.165, 1.54) is 6.20 Å². The second-order valence-electron chi connectivity index (χ2n) is 6.45. The minimum absolute atomic E-state index is 0.0233. The Bertz CT molecular complexity index is 735. The quantitative estimate of drug-likeness (QED) is 0.909. The molecule has 0 aliphatic heterocycles. The van der Waals surface area contributed by atoms with E-state index in [0.717, 1.165) is 12.8 Å². The lowest BCUT2D eigenvalue weighted by molar-refractivity contribution is -0.135. The van der Waals surface area contributed by atoms with Crippen LogP contribution in [-0.4, -0.2) is 50.6 Å². The number of carbonyl (C=O) groups excluding carboxylic acids is 2. The molecule has 0 bridgehead atoms. The van der Waals surface area contributed by atoms with E-state index in [1.807, 2.05) is 0 Å². The van der Waals surface area contributed by atoms with Gasteiger partial charge in [0.25, 0.3) is 0 Å². The maximum absolute atomic E-state index is 12.6. The average molecular weight is 342 g/mol. The van der Waals surface area contributed by atoms with E-state index in [4.69, 9.17) is 0 Å². The first-order chi connectivity index (χ1) is 12.1. The van der Waals surface area contributed by atoms with Gasteiger partial charge in [-0.25, -0.2) is 14.6 Å². The normalized spacial score (nSPS) is 20.1. The minimum Gasteiger partial charge on any atom is -0.349 e. The van der Waals surface area contributed by atoms with Crippen LogP contribution >= 0.6 is 0 Å². The van der Waals surface area contributed by atoms with Crippen LogP contribution in [0.4, 0.5) is 5.82 Å². The van der Waals surface area contributed by atoms with Gasteiger partial charge in [-0.3, -0.25) is 9.59 Å². The maximum atomic E-state index is 12.6. The van der Waals surface area contributed by atoms with E-state index < -0.39 is 0 Å². The number of nitrogens with zero attached hydrogens (tertiary/aromatic N) is 5. The van der Waals surface area contributed by atoms with E-state index in [9.17, 15) is 9.59 Å². The van der Waals surface area contributed by atoms with Crippen molar-refractivity contribution >= 4 is 17.6 Å². The van der Waals surface area contributed by atoms with Crippen molar-refractivity contribution in [3.63, 3.8) is 0 Å². The third-order valence-electron chi connectivity index (χ3n) is 4.53. The Hall–Kier alpha value is -2.77. The molecule has 132 valence electrons. The van der Waals surface area contributed by atoms with E-state index in [-0.39, 0.29) is 23.7 Å². The Labute approximate surface area is 146 Å². The fraction of sp³-hybridized carbons (Fsp3) is 0.471. The van der Waals surface area contributed by atoms with Crippen LogP contribution in [0, 0.1) is 11.8 Å². The Morgan fingerprint density at radius 2 is 1.76 bits per heavy atom. The highest BCUT2D eigenvalue weighted by Gasteiger charge is 2.31. The van der Waals surface area contributed by atoms with E-state index in [2.05, 4.69) is 20.4 Å². The van der Waals surface area contributed by atoms with Gasteiger partial charge in [0.2, 0.25) is 11.8 Å². The second-order valence-corrected chi connectivity index (χ2v) is 6.45. The molecule has 8 nitrogen and oxygen atoms in total. The first-order valence-corrected chi connectivity index (χ1v) is 8.39. The monoisotopic (exact) mass is 342 g/mol. The Kier molecular flexibility index (Phi) is 5.06. The third kappa shape index (κ3) is 3.84. The molecule has 0 aromatic carbocycles. The Morgan fingerprint density at radius 1 is 1.08 bits per heavy atom. The highest BCUT2D eigenvalue weighted by molar-refractivity contribution is 5.93. The number of aromatic nitrogens is 4. The molecule has 0 radical (unpaired) electrons. The summed E-state index contributed by atoms with van der Waals surface area (Å²) in [6, 6.07) is 1.78. The summed E-state index contributed by atoms with van der Waals surface area (Å²) in [7, 11) is 3.54. The maximum Gasteiger partial charge on any atom is 0.228 e. The molecule has 3 rings (SSSR count). The lowest BCUT2D eigenvalue weighted by Gasteiger charge is -2.28. The van der Waals surface area contributed by atoms with Crippen LogP contribution in [0.15, 0.2) is 30.9 Å². The number of rotatable bonds is 4. The smallest absolute Gasteiger partial charge is 0.228 e. The number of amides is 2. The van der Waals surface area contributed by atoms with E-state index in [0.29, 0.717) is 24.5 Å². The highest BCUT2D eigenvalue weighted by Crippen LogP contribution is 2.30. The Balaban J connectivity index is 1.64. The minimum atomic E-state index is -0.112. The summed E-state index contributed by atoms with van der Waals surface area (Å²) < 4.78 is 1.56. The second kappa shape index (κ2) is 7.42. The molecule has 0 unspecified atom stereocenters. The number of anilines is 1. The molecule has 2 aromatic heterocycles. The lowest BCUT2D eigenvalue weighted by Crippen LogP contribution is -2.35. The molecule has 2 heterocycles. The first kappa shape index (κ1) is 17.1. The van der Waals surface area contributed by atoms with Gasteiger partial charge in [0.15, 0.2) is 11.6 Å². The number of hydrogen-bond donors (Lipinski definition) is 1. The molecule has 25 heavy (non-hydrogen) atoms. The molecular formula is C17H22N6O2. The van der Waals surface area contributed by atoms with Gasteiger partial charge >= 0.3 is 0 Å². The summed E-state index contributed by atoms with van der Waals surface area (Å²) in [6.45, 7) is 0. The fourth-order valence-electron chi connectivity index (χ4n) is 3.17. The van der Waals surface area contributed by atoms with Gasteiger partial charge in [-0.2, -0.15) is 5.10 Å². The number of carbonyl (C=O) groups is 2. The molecule has 2 aromatic rings. The molecule has 1 aliphatic rings. The summed E-state index contributed by atoms with van der Waals surface area (Å²) in [5.41, 5.74) is 0. The summed E-state index contributed by atoms with van der Waals surface area (Å²) >= 11 is 0. The highest BCUT2D eigenvalue weighted by atomic mass is 16.2. The van der Waals surface area contributed by atoms with Crippen molar-refractivity contribution in [3.05, 3.63) is 30.9 Å². The number of hydrogen-bond acceptors (Lipinski definition) is 5. The topological polar surface area (TPSA) is 93.0 Å². The molecule has 1 aliphatic carbocycles. The van der Waals surface area contributed by atoms with Crippen molar-refractivity contribution in [2.75, 3.05) is 19.4 Å². The van der Waals surface area contributed by atoms with Gasteiger partial charge in [-0.1, -0.05) is 0 Å². The van der Waals surface area contributed by atoms with Crippen molar-refractivity contribution < 1.29 is 9.59 Å². The van der Waals surface area contributed by atoms with Gasteiger partial charge in [0.1, 0.15) is 0 Å². The van der Waals surface area contributed by atoms with E-state index in [1.54, 1.807) is 48.3 Å². The van der Waals surface area contributed by atoms with Crippen molar-refractivity contribution in [2.45, 2.75) is 25.7 Å². The standard InChI is InChI=1S/C17H22N6O2/c1-22(2)17(25)13-6-4-12(5-7-13)16(24)21-14-15(19-10-9-18-14)23-11-3-8-20-23/h3,8-13H,4-7H2,1-2H3,(H,18,21,24). The molecule has 0 atom stereocenters. The summed E-state index contributed by atoms with van der Waals surface area (Å²) in [5.74, 6) is 0.854. The van der Waals surface area contributed by atoms with Gasteiger partial charge < -0.3 is 10.2 Å². The molecule has 2 amide bonds. The SMILES string of the molecule is CN(C)C(=O)C1CCC(C(=O)Nc2nccnc2-n2cccn2)CC1. The predicted octanol–water partition coefficient (Wildman–Crippen LogP) is 1.50. The molecule has 1 saturated carbocycles. The van der Waals surface area contributed by atoms with E-state index >= 15 is 0 Å². The zero-order valence-corrected chi connectivity index (χ0v) is 14.4. The van der Waals surface area contributed by atoms with Gasteiger partial charge in [0.05, 0.1) is 0 Å².